The number of nitrogens with zero attached hydrogens (tertiary/aromatic N) is 1. The van der Waals surface area contributed by atoms with Crippen molar-refractivity contribution < 1.29 is 0 Å². The maximum absolute atomic E-state index is 2.42. The molecule has 12 heavy (non-hydrogen) atoms. The summed E-state index contributed by atoms with van der Waals surface area (Å²) in [5.74, 6) is 1.85. The van der Waals surface area contributed by atoms with Crippen LogP contribution in [0.5, 0.6) is 0 Å². The first kappa shape index (κ1) is 10.8. The predicted molar refractivity (Wildman–Crippen MR) is 62.4 cm³/mol. The SMILES string of the molecule is CC1CCC(C(C)(C)N(C)I)C1. The minimum absolute atomic E-state index is 0.380. The van der Waals surface area contributed by atoms with E-state index in [-0.39, 0.29) is 0 Å². The molecule has 1 aliphatic rings. The van der Waals surface area contributed by atoms with Gasteiger partial charge in [-0.25, -0.2) is 3.11 Å². The zero-order valence-corrected chi connectivity index (χ0v) is 10.8. The molecule has 0 aromatic rings. The van der Waals surface area contributed by atoms with E-state index in [2.05, 4.69) is 53.8 Å². The Balaban J connectivity index is 2.57. The summed E-state index contributed by atoms with van der Waals surface area (Å²) in [6, 6.07) is 0. The van der Waals surface area contributed by atoms with Gasteiger partial charge >= 0.3 is 0 Å². The van der Waals surface area contributed by atoms with Gasteiger partial charge in [0.25, 0.3) is 0 Å². The fourth-order valence-electron chi connectivity index (χ4n) is 2.10. The summed E-state index contributed by atoms with van der Waals surface area (Å²) in [5, 5.41) is 0. The molecule has 1 fully saturated rings. The van der Waals surface area contributed by atoms with Crippen LogP contribution < -0.4 is 0 Å². The van der Waals surface area contributed by atoms with Crippen molar-refractivity contribution >= 4 is 22.9 Å². The highest BCUT2D eigenvalue weighted by Crippen LogP contribution is 2.40. The summed E-state index contributed by atoms with van der Waals surface area (Å²) in [4.78, 5) is 0. The van der Waals surface area contributed by atoms with Crippen molar-refractivity contribution in [3.05, 3.63) is 0 Å². The number of hydrogen-bond acceptors (Lipinski definition) is 1. The van der Waals surface area contributed by atoms with E-state index in [0.717, 1.165) is 11.8 Å². The highest BCUT2D eigenvalue weighted by molar-refractivity contribution is 14.1. The lowest BCUT2D eigenvalue weighted by Gasteiger charge is -2.36. The fourth-order valence-corrected chi connectivity index (χ4v) is 2.49. The lowest BCUT2D eigenvalue weighted by molar-refractivity contribution is 0.198. The molecule has 0 spiro atoms. The van der Waals surface area contributed by atoms with Crippen LogP contribution in [0.25, 0.3) is 0 Å². The van der Waals surface area contributed by atoms with Crippen molar-refractivity contribution in [2.45, 2.75) is 45.6 Å². The van der Waals surface area contributed by atoms with Gasteiger partial charge in [0.1, 0.15) is 0 Å². The van der Waals surface area contributed by atoms with Crippen LogP contribution in [-0.4, -0.2) is 15.7 Å². The summed E-state index contributed by atoms with van der Waals surface area (Å²) < 4.78 is 2.34. The third kappa shape index (κ3) is 2.13. The molecule has 1 rings (SSSR count). The largest absolute Gasteiger partial charge is 0.245 e. The summed E-state index contributed by atoms with van der Waals surface area (Å²) in [7, 11) is 2.18. The second-order valence-electron chi connectivity index (χ2n) is 4.75. The summed E-state index contributed by atoms with van der Waals surface area (Å²) in [6.45, 7) is 7.10. The Hall–Kier alpha value is 0.690. The standard InChI is InChI=1S/C10H20IN/c1-8-5-6-9(7-8)10(2,3)12(4)11/h8-9H,5-7H2,1-4H3. The zero-order valence-electron chi connectivity index (χ0n) is 8.60. The Morgan fingerprint density at radius 1 is 1.33 bits per heavy atom. The van der Waals surface area contributed by atoms with E-state index in [1.54, 1.807) is 0 Å². The highest BCUT2D eigenvalue weighted by atomic mass is 127. The highest BCUT2D eigenvalue weighted by Gasteiger charge is 2.36. The topological polar surface area (TPSA) is 3.24 Å². The number of halogens is 1. The molecular formula is C10H20IN. The minimum Gasteiger partial charge on any atom is -0.245 e. The van der Waals surface area contributed by atoms with Crippen LogP contribution in [0.3, 0.4) is 0 Å². The van der Waals surface area contributed by atoms with Gasteiger partial charge in [-0.2, -0.15) is 0 Å². The Kier molecular flexibility index (Phi) is 3.43. The van der Waals surface area contributed by atoms with Gasteiger partial charge in [-0.15, -0.1) is 0 Å². The minimum atomic E-state index is 0.380. The van der Waals surface area contributed by atoms with E-state index >= 15 is 0 Å². The Bertz CT molecular complexity index is 154. The van der Waals surface area contributed by atoms with Gasteiger partial charge in [-0.1, -0.05) is 13.3 Å². The number of hydrogen-bond donors (Lipinski definition) is 0. The molecule has 0 aromatic heterocycles. The second-order valence-corrected chi connectivity index (χ2v) is 6.19. The van der Waals surface area contributed by atoms with E-state index in [1.165, 1.54) is 19.3 Å². The first-order valence-electron chi connectivity index (χ1n) is 4.84. The van der Waals surface area contributed by atoms with Gasteiger partial charge in [0.05, 0.1) is 0 Å². The molecule has 2 atom stereocenters. The summed E-state index contributed by atoms with van der Waals surface area (Å²) >= 11 is 2.42. The first-order chi connectivity index (χ1) is 5.44. The average Bonchev–Trinajstić information content (AvgIpc) is 2.35. The summed E-state index contributed by atoms with van der Waals surface area (Å²) in [6.07, 6.45) is 4.26. The van der Waals surface area contributed by atoms with Gasteiger partial charge < -0.3 is 0 Å². The van der Waals surface area contributed by atoms with E-state index in [1.807, 2.05) is 0 Å². The van der Waals surface area contributed by atoms with E-state index in [9.17, 15) is 0 Å². The summed E-state index contributed by atoms with van der Waals surface area (Å²) in [5.41, 5.74) is 0.380. The van der Waals surface area contributed by atoms with Crippen molar-refractivity contribution in [1.29, 1.82) is 0 Å². The van der Waals surface area contributed by atoms with Gasteiger partial charge in [0.15, 0.2) is 0 Å². The van der Waals surface area contributed by atoms with Crippen LogP contribution in [-0.2, 0) is 0 Å². The molecule has 2 unspecified atom stereocenters. The molecule has 0 aromatic carbocycles. The molecule has 1 saturated carbocycles. The van der Waals surface area contributed by atoms with Crippen LogP contribution in [0.2, 0.25) is 0 Å². The van der Waals surface area contributed by atoms with Crippen molar-refractivity contribution in [2.24, 2.45) is 11.8 Å². The average molecular weight is 281 g/mol. The number of rotatable bonds is 2. The molecule has 0 amide bonds. The fraction of sp³-hybridized carbons (Fsp3) is 1.00. The van der Waals surface area contributed by atoms with Crippen molar-refractivity contribution in [3.8, 4) is 0 Å². The predicted octanol–water partition coefficient (Wildman–Crippen LogP) is 3.48. The molecule has 72 valence electrons. The Morgan fingerprint density at radius 3 is 2.25 bits per heavy atom. The molecule has 0 radical (unpaired) electrons. The first-order valence-corrected chi connectivity index (χ1v) is 5.80. The Labute approximate surface area is 90.4 Å². The van der Waals surface area contributed by atoms with Crippen LogP contribution in [0.1, 0.15) is 40.0 Å². The van der Waals surface area contributed by atoms with Crippen LogP contribution in [0.15, 0.2) is 0 Å². The normalized spacial score (nSPS) is 31.5. The molecule has 2 heteroatoms. The van der Waals surface area contributed by atoms with Crippen molar-refractivity contribution in [1.82, 2.24) is 3.11 Å². The quantitative estimate of drug-likeness (QED) is 0.553. The van der Waals surface area contributed by atoms with Crippen LogP contribution >= 0.6 is 22.9 Å². The third-order valence-electron chi connectivity index (χ3n) is 3.49. The van der Waals surface area contributed by atoms with E-state index in [4.69, 9.17) is 0 Å². The van der Waals surface area contributed by atoms with Crippen molar-refractivity contribution in [3.63, 3.8) is 0 Å². The van der Waals surface area contributed by atoms with Gasteiger partial charge in [0, 0.05) is 28.4 Å². The molecule has 0 saturated heterocycles. The molecule has 0 bridgehead atoms. The lowest BCUT2D eigenvalue weighted by Crippen LogP contribution is -2.40. The Morgan fingerprint density at radius 2 is 1.92 bits per heavy atom. The maximum atomic E-state index is 2.42. The monoisotopic (exact) mass is 281 g/mol. The molecule has 1 aliphatic carbocycles. The van der Waals surface area contributed by atoms with Crippen molar-refractivity contribution in [2.75, 3.05) is 7.05 Å². The van der Waals surface area contributed by atoms with Crippen LogP contribution in [0.4, 0.5) is 0 Å². The second kappa shape index (κ2) is 3.82. The van der Waals surface area contributed by atoms with E-state index < -0.39 is 0 Å². The van der Waals surface area contributed by atoms with E-state index in [0.29, 0.717) is 5.54 Å². The van der Waals surface area contributed by atoms with Gasteiger partial charge in [0.2, 0.25) is 0 Å². The maximum Gasteiger partial charge on any atom is 0.0274 e. The van der Waals surface area contributed by atoms with Gasteiger partial charge in [-0.05, 0) is 45.6 Å². The molecule has 0 N–H and O–H groups in total. The van der Waals surface area contributed by atoms with Crippen LogP contribution in [0, 0.1) is 11.8 Å². The smallest absolute Gasteiger partial charge is 0.0274 e. The molecule has 1 nitrogen and oxygen atoms in total. The third-order valence-corrected chi connectivity index (χ3v) is 4.73. The molecule has 0 aliphatic heterocycles. The van der Waals surface area contributed by atoms with Gasteiger partial charge in [-0.3, -0.25) is 0 Å². The zero-order chi connectivity index (χ0) is 9.35. The molecule has 0 heterocycles. The lowest BCUT2D eigenvalue weighted by atomic mass is 9.86. The molecular weight excluding hydrogens is 261 g/mol.